The smallest absolute Gasteiger partial charge is 0.0856 e. The normalized spacial score (nSPS) is 16.2. The minimum Gasteiger partial charge on any atom is -0.158 e. The fourth-order valence-corrected chi connectivity index (χ4v) is 5.23. The Morgan fingerprint density at radius 1 is 0.875 bits per heavy atom. The maximum atomic E-state index is 4.22. The van der Waals surface area contributed by atoms with E-state index in [0.717, 1.165) is 12.1 Å². The van der Waals surface area contributed by atoms with Gasteiger partial charge in [0.15, 0.2) is 0 Å². The second kappa shape index (κ2) is 7.30. The molecular weight excluding hydrogens is 352 g/mol. The van der Waals surface area contributed by atoms with Gasteiger partial charge in [-0.25, -0.2) is 0 Å². The highest BCUT2D eigenvalue weighted by Crippen LogP contribution is 2.45. The Hall–Kier alpha value is -1.95. The average Bonchev–Trinajstić information content (AvgIpc) is 3.36. The number of benzene rings is 1. The standard InChI is InChI=1S/C19H14N2S3/c1-2-5-14(6-3-1)21-20-13-15-8-9-18(23-15)19-11-10-17(24-19)16-7-4-12-22-16/h1-7,9-13H,8H2. The Balaban J connectivity index is 1.43. The van der Waals surface area contributed by atoms with Gasteiger partial charge in [0.1, 0.15) is 0 Å². The predicted octanol–water partition coefficient (Wildman–Crippen LogP) is 7.58. The van der Waals surface area contributed by atoms with E-state index >= 15 is 0 Å². The molecule has 0 N–H and O–H groups in total. The van der Waals surface area contributed by atoms with Gasteiger partial charge in [-0.15, -0.1) is 22.7 Å². The van der Waals surface area contributed by atoms with E-state index in [2.05, 4.69) is 46.0 Å². The molecule has 0 unspecified atom stereocenters. The van der Waals surface area contributed by atoms with E-state index in [4.69, 9.17) is 0 Å². The topological polar surface area (TPSA) is 24.7 Å². The van der Waals surface area contributed by atoms with Crippen LogP contribution in [-0.4, -0.2) is 0 Å². The molecule has 0 radical (unpaired) electrons. The zero-order valence-electron chi connectivity index (χ0n) is 12.8. The molecule has 118 valence electrons. The van der Waals surface area contributed by atoms with Crippen LogP contribution in [-0.2, 0) is 0 Å². The van der Waals surface area contributed by atoms with Crippen LogP contribution in [0.5, 0.6) is 0 Å². The van der Waals surface area contributed by atoms with Crippen molar-refractivity contribution in [3.63, 3.8) is 0 Å². The zero-order valence-corrected chi connectivity index (χ0v) is 15.2. The van der Waals surface area contributed by atoms with E-state index in [1.54, 1.807) is 23.1 Å². The monoisotopic (exact) mass is 366 g/mol. The average molecular weight is 367 g/mol. The van der Waals surface area contributed by atoms with Crippen LogP contribution in [0.1, 0.15) is 11.3 Å². The van der Waals surface area contributed by atoms with Crippen molar-refractivity contribution in [2.24, 2.45) is 10.2 Å². The summed E-state index contributed by atoms with van der Waals surface area (Å²) < 4.78 is 0. The Labute approximate surface area is 153 Å². The van der Waals surface area contributed by atoms with Crippen molar-refractivity contribution in [3.05, 3.63) is 82.0 Å². The minimum atomic E-state index is 0.879. The molecule has 1 aliphatic rings. The molecule has 0 saturated carbocycles. The van der Waals surface area contributed by atoms with Crippen LogP contribution >= 0.6 is 34.4 Å². The summed E-state index contributed by atoms with van der Waals surface area (Å²) in [6.07, 6.45) is 5.08. The van der Waals surface area contributed by atoms with Crippen LogP contribution in [0.3, 0.4) is 0 Å². The van der Waals surface area contributed by atoms with Gasteiger partial charge in [0, 0.05) is 24.4 Å². The van der Waals surface area contributed by atoms with Crippen LogP contribution in [0.4, 0.5) is 5.69 Å². The molecule has 0 saturated heterocycles. The van der Waals surface area contributed by atoms with E-state index in [1.807, 2.05) is 47.9 Å². The van der Waals surface area contributed by atoms with Crippen LogP contribution in [0.2, 0.25) is 0 Å². The van der Waals surface area contributed by atoms with Crippen molar-refractivity contribution in [1.82, 2.24) is 0 Å². The molecule has 0 spiro atoms. The van der Waals surface area contributed by atoms with Gasteiger partial charge in [-0.05, 0) is 42.1 Å². The molecule has 24 heavy (non-hydrogen) atoms. The molecule has 0 bridgehead atoms. The quantitative estimate of drug-likeness (QED) is 0.437. The second-order valence-electron chi connectivity index (χ2n) is 5.16. The third-order valence-electron chi connectivity index (χ3n) is 3.47. The molecule has 0 fully saturated rings. The van der Waals surface area contributed by atoms with Gasteiger partial charge in [0.05, 0.1) is 11.9 Å². The van der Waals surface area contributed by atoms with Crippen LogP contribution in [0.15, 0.2) is 87.4 Å². The molecule has 1 aliphatic heterocycles. The summed E-state index contributed by atoms with van der Waals surface area (Å²) in [6.45, 7) is 0. The molecular formula is C19H14N2S3. The number of allylic oxidation sites excluding steroid dienone is 2. The number of azo groups is 1. The van der Waals surface area contributed by atoms with Gasteiger partial charge >= 0.3 is 0 Å². The summed E-state index contributed by atoms with van der Waals surface area (Å²) in [5.41, 5.74) is 0.879. The Bertz CT molecular complexity index is 903. The van der Waals surface area contributed by atoms with Crippen molar-refractivity contribution < 1.29 is 0 Å². The summed E-state index contributed by atoms with van der Waals surface area (Å²) >= 11 is 5.43. The molecule has 0 aliphatic carbocycles. The summed E-state index contributed by atoms with van der Waals surface area (Å²) in [5, 5.41) is 10.6. The maximum Gasteiger partial charge on any atom is 0.0856 e. The molecule has 3 heterocycles. The number of hydrogen-bond donors (Lipinski definition) is 0. The lowest BCUT2D eigenvalue weighted by molar-refractivity contribution is 1.20. The lowest BCUT2D eigenvalue weighted by Gasteiger charge is -1.97. The van der Waals surface area contributed by atoms with Crippen LogP contribution < -0.4 is 0 Å². The molecule has 0 amide bonds. The van der Waals surface area contributed by atoms with Gasteiger partial charge in [-0.2, -0.15) is 10.2 Å². The highest BCUT2D eigenvalue weighted by atomic mass is 32.2. The molecule has 0 atom stereocenters. The maximum absolute atomic E-state index is 4.22. The van der Waals surface area contributed by atoms with E-state index < -0.39 is 0 Å². The summed E-state index contributed by atoms with van der Waals surface area (Å²) in [5.74, 6) is 0. The third-order valence-corrected chi connectivity index (χ3v) is 6.93. The summed E-state index contributed by atoms with van der Waals surface area (Å²) in [6, 6.07) is 18.5. The van der Waals surface area contributed by atoms with Gasteiger partial charge < -0.3 is 0 Å². The van der Waals surface area contributed by atoms with Gasteiger partial charge in [0.25, 0.3) is 0 Å². The highest BCUT2D eigenvalue weighted by Gasteiger charge is 2.15. The summed E-state index contributed by atoms with van der Waals surface area (Å²) in [4.78, 5) is 6.55. The Kier molecular flexibility index (Phi) is 4.74. The van der Waals surface area contributed by atoms with Crippen molar-refractivity contribution in [2.45, 2.75) is 6.42 Å². The van der Waals surface area contributed by atoms with Crippen molar-refractivity contribution >= 4 is 45.0 Å². The van der Waals surface area contributed by atoms with Gasteiger partial charge in [0.2, 0.25) is 0 Å². The highest BCUT2D eigenvalue weighted by molar-refractivity contribution is 8.12. The number of nitrogens with zero attached hydrogens (tertiary/aromatic N) is 2. The number of thioether (sulfide) groups is 1. The largest absolute Gasteiger partial charge is 0.158 e. The van der Waals surface area contributed by atoms with E-state index in [-0.39, 0.29) is 0 Å². The lowest BCUT2D eigenvalue weighted by atomic mass is 10.3. The molecule has 3 aromatic rings. The molecule has 2 aromatic heterocycles. The van der Waals surface area contributed by atoms with Gasteiger partial charge in [-0.3, -0.25) is 0 Å². The second-order valence-corrected chi connectivity index (χ2v) is 8.36. The van der Waals surface area contributed by atoms with Gasteiger partial charge in [-0.1, -0.05) is 42.1 Å². The van der Waals surface area contributed by atoms with E-state index in [9.17, 15) is 0 Å². The fraction of sp³-hybridized carbons (Fsp3) is 0.0526. The molecule has 5 heteroatoms. The molecule has 2 nitrogen and oxygen atoms in total. The number of hydrogen-bond acceptors (Lipinski definition) is 5. The number of thiophene rings is 2. The van der Waals surface area contributed by atoms with Crippen molar-refractivity contribution in [2.75, 3.05) is 0 Å². The minimum absolute atomic E-state index is 0.879. The first-order chi connectivity index (χ1) is 11.9. The van der Waals surface area contributed by atoms with Crippen LogP contribution in [0, 0.1) is 0 Å². The van der Waals surface area contributed by atoms with E-state index in [0.29, 0.717) is 0 Å². The zero-order chi connectivity index (χ0) is 16.2. The first kappa shape index (κ1) is 15.6. The van der Waals surface area contributed by atoms with Crippen molar-refractivity contribution in [1.29, 1.82) is 0 Å². The Morgan fingerprint density at radius 3 is 2.58 bits per heavy atom. The van der Waals surface area contributed by atoms with Crippen molar-refractivity contribution in [3.8, 4) is 9.75 Å². The Morgan fingerprint density at radius 2 is 1.75 bits per heavy atom. The first-order valence-corrected chi connectivity index (χ1v) is 10.1. The van der Waals surface area contributed by atoms with Crippen LogP contribution in [0.25, 0.3) is 14.7 Å². The predicted molar refractivity (Wildman–Crippen MR) is 107 cm³/mol. The fourth-order valence-electron chi connectivity index (χ4n) is 2.32. The summed E-state index contributed by atoms with van der Waals surface area (Å²) in [7, 11) is 0. The lowest BCUT2D eigenvalue weighted by Crippen LogP contribution is -1.66. The SMILES string of the molecule is C(N=Nc1ccccc1)=C1CC=C(c2ccc(-c3cccs3)s2)S1. The third kappa shape index (κ3) is 3.59. The first-order valence-electron chi connectivity index (χ1n) is 7.55. The van der Waals surface area contributed by atoms with E-state index in [1.165, 1.54) is 24.4 Å². The molecule has 4 rings (SSSR count). The number of rotatable bonds is 4. The molecule has 1 aromatic carbocycles.